The van der Waals surface area contributed by atoms with Gasteiger partial charge in [0.25, 0.3) is 0 Å². The Bertz CT molecular complexity index is 995. The van der Waals surface area contributed by atoms with Crippen LogP contribution in [0.2, 0.25) is 5.02 Å². The predicted octanol–water partition coefficient (Wildman–Crippen LogP) is 5.94. The Labute approximate surface area is 164 Å². The van der Waals surface area contributed by atoms with Crippen LogP contribution in [0.4, 0.5) is 10.5 Å². The van der Waals surface area contributed by atoms with Gasteiger partial charge >= 0.3 is 6.03 Å². The number of benzene rings is 2. The van der Waals surface area contributed by atoms with Crippen molar-refractivity contribution in [1.29, 1.82) is 0 Å². The van der Waals surface area contributed by atoms with E-state index in [1.54, 1.807) is 0 Å². The fraction of sp³-hybridized carbons (Fsp3) is 0.227. The fourth-order valence-electron chi connectivity index (χ4n) is 3.79. The SMILES string of the molecule is CCC1c2cccn2-c2ccccc2CN1C(=O)Nc1cccc(Cl)c1C. The van der Waals surface area contributed by atoms with Crippen LogP contribution in [0.5, 0.6) is 0 Å². The second-order valence-electron chi connectivity index (χ2n) is 6.83. The summed E-state index contributed by atoms with van der Waals surface area (Å²) in [5, 5.41) is 3.71. The molecule has 1 atom stereocenters. The Hall–Kier alpha value is -2.72. The van der Waals surface area contributed by atoms with Crippen molar-refractivity contribution in [3.63, 3.8) is 0 Å². The van der Waals surface area contributed by atoms with E-state index in [0.717, 1.165) is 34.6 Å². The van der Waals surface area contributed by atoms with E-state index in [2.05, 4.69) is 41.2 Å². The third kappa shape index (κ3) is 3.10. The van der Waals surface area contributed by atoms with Gasteiger partial charge in [-0.25, -0.2) is 4.79 Å². The molecular weight excluding hydrogens is 358 g/mol. The largest absolute Gasteiger partial charge is 0.322 e. The summed E-state index contributed by atoms with van der Waals surface area (Å²) in [7, 11) is 0. The molecule has 0 radical (unpaired) electrons. The molecular formula is C22H22ClN3O. The lowest BCUT2D eigenvalue weighted by molar-refractivity contribution is 0.181. The highest BCUT2D eigenvalue weighted by Crippen LogP contribution is 2.34. The number of carbonyl (C=O) groups is 1. The minimum atomic E-state index is -0.114. The molecule has 138 valence electrons. The van der Waals surface area contributed by atoms with Crippen LogP contribution >= 0.6 is 11.6 Å². The molecule has 1 unspecified atom stereocenters. The average Bonchev–Trinajstić information content (AvgIpc) is 3.10. The van der Waals surface area contributed by atoms with E-state index in [-0.39, 0.29) is 12.1 Å². The summed E-state index contributed by atoms with van der Waals surface area (Å²) in [6.07, 6.45) is 2.90. The van der Waals surface area contributed by atoms with Gasteiger partial charge < -0.3 is 14.8 Å². The molecule has 0 bridgehead atoms. The highest BCUT2D eigenvalue weighted by molar-refractivity contribution is 6.31. The number of hydrogen-bond donors (Lipinski definition) is 1. The van der Waals surface area contributed by atoms with Crippen molar-refractivity contribution in [3.8, 4) is 5.69 Å². The number of fused-ring (bicyclic) bond motifs is 3. The molecule has 2 aromatic carbocycles. The molecule has 1 aromatic heterocycles. The molecule has 1 aliphatic rings. The summed E-state index contributed by atoms with van der Waals surface area (Å²) in [6.45, 7) is 4.59. The molecule has 0 aliphatic carbocycles. The van der Waals surface area contributed by atoms with E-state index in [4.69, 9.17) is 11.6 Å². The third-order valence-corrected chi connectivity index (χ3v) is 5.66. The van der Waals surface area contributed by atoms with Gasteiger partial charge in [-0.05, 0) is 54.8 Å². The van der Waals surface area contributed by atoms with Crippen LogP contribution in [0.3, 0.4) is 0 Å². The van der Waals surface area contributed by atoms with Crippen LogP contribution < -0.4 is 5.32 Å². The molecule has 4 rings (SSSR count). The molecule has 4 nitrogen and oxygen atoms in total. The van der Waals surface area contributed by atoms with Gasteiger partial charge in [0.1, 0.15) is 0 Å². The summed E-state index contributed by atoms with van der Waals surface area (Å²) in [4.78, 5) is 15.2. The highest BCUT2D eigenvalue weighted by Gasteiger charge is 2.30. The first-order valence-electron chi connectivity index (χ1n) is 9.18. The molecule has 0 saturated carbocycles. The zero-order chi connectivity index (χ0) is 19.0. The van der Waals surface area contributed by atoms with Gasteiger partial charge in [0.15, 0.2) is 0 Å². The Morgan fingerprint density at radius 2 is 1.96 bits per heavy atom. The Morgan fingerprint density at radius 3 is 2.78 bits per heavy atom. The normalized spacial score (nSPS) is 15.7. The van der Waals surface area contributed by atoms with Crippen LogP contribution in [-0.2, 0) is 6.54 Å². The van der Waals surface area contributed by atoms with Crippen molar-refractivity contribution < 1.29 is 4.79 Å². The van der Waals surface area contributed by atoms with Gasteiger partial charge in [0, 0.05) is 22.6 Å². The van der Waals surface area contributed by atoms with Gasteiger partial charge in [-0.1, -0.05) is 42.8 Å². The Morgan fingerprint density at radius 1 is 1.15 bits per heavy atom. The number of carbonyl (C=O) groups excluding carboxylic acids is 1. The summed E-state index contributed by atoms with van der Waals surface area (Å²) >= 11 is 6.22. The standard InChI is InChI=1S/C22H22ClN3O/c1-3-19-21-12-7-13-25(21)20-11-5-4-8-16(20)14-26(19)22(27)24-18-10-6-9-17(23)15(18)2/h4-13,19H,3,14H2,1-2H3,(H,24,27). The molecule has 0 saturated heterocycles. The van der Waals surface area contributed by atoms with Gasteiger partial charge in [-0.3, -0.25) is 0 Å². The van der Waals surface area contributed by atoms with Gasteiger partial charge in [0.2, 0.25) is 0 Å². The van der Waals surface area contributed by atoms with E-state index in [0.29, 0.717) is 11.6 Å². The first kappa shape index (κ1) is 17.7. The number of para-hydroxylation sites is 1. The monoisotopic (exact) mass is 379 g/mol. The predicted molar refractivity (Wildman–Crippen MR) is 110 cm³/mol. The average molecular weight is 380 g/mol. The second kappa shape index (κ2) is 7.12. The molecule has 0 fully saturated rings. The van der Waals surface area contributed by atoms with Gasteiger partial charge in [-0.2, -0.15) is 0 Å². The lowest BCUT2D eigenvalue weighted by Crippen LogP contribution is -2.37. The number of nitrogens with zero attached hydrogens (tertiary/aromatic N) is 2. The number of aromatic nitrogens is 1. The maximum Gasteiger partial charge on any atom is 0.322 e. The molecule has 2 amide bonds. The third-order valence-electron chi connectivity index (χ3n) is 5.25. The summed E-state index contributed by atoms with van der Waals surface area (Å²) in [5.74, 6) is 0. The zero-order valence-electron chi connectivity index (χ0n) is 15.4. The summed E-state index contributed by atoms with van der Waals surface area (Å²) in [6, 6.07) is 17.8. The molecule has 1 N–H and O–H groups in total. The Balaban J connectivity index is 1.74. The van der Waals surface area contributed by atoms with E-state index in [9.17, 15) is 4.79 Å². The van der Waals surface area contributed by atoms with E-state index >= 15 is 0 Å². The van der Waals surface area contributed by atoms with E-state index in [1.165, 1.54) is 0 Å². The first-order valence-corrected chi connectivity index (χ1v) is 9.56. The molecule has 2 heterocycles. The topological polar surface area (TPSA) is 37.3 Å². The number of hydrogen-bond acceptors (Lipinski definition) is 1. The molecule has 3 aromatic rings. The maximum atomic E-state index is 13.3. The van der Waals surface area contributed by atoms with Crippen molar-refractivity contribution in [3.05, 3.63) is 82.6 Å². The number of urea groups is 1. The lowest BCUT2D eigenvalue weighted by atomic mass is 10.1. The highest BCUT2D eigenvalue weighted by atomic mass is 35.5. The maximum absolute atomic E-state index is 13.3. The minimum Gasteiger partial charge on any atom is -0.318 e. The van der Waals surface area contributed by atoms with Crippen molar-refractivity contribution >= 4 is 23.3 Å². The van der Waals surface area contributed by atoms with Crippen molar-refractivity contribution in [2.45, 2.75) is 32.9 Å². The van der Waals surface area contributed by atoms with E-state index < -0.39 is 0 Å². The molecule has 27 heavy (non-hydrogen) atoms. The molecule has 5 heteroatoms. The Kier molecular flexibility index (Phi) is 4.66. The van der Waals surface area contributed by atoms with Crippen molar-refractivity contribution in [1.82, 2.24) is 9.47 Å². The number of halogens is 1. The first-order chi connectivity index (χ1) is 13.1. The lowest BCUT2D eigenvalue weighted by Gasteiger charge is -2.30. The fourth-order valence-corrected chi connectivity index (χ4v) is 3.97. The van der Waals surface area contributed by atoms with Crippen LogP contribution in [0.1, 0.15) is 36.2 Å². The molecule has 1 aliphatic heterocycles. The van der Waals surface area contributed by atoms with Crippen LogP contribution in [0.25, 0.3) is 5.69 Å². The summed E-state index contributed by atoms with van der Waals surface area (Å²) < 4.78 is 2.20. The van der Waals surface area contributed by atoms with E-state index in [1.807, 2.05) is 48.2 Å². The van der Waals surface area contributed by atoms with Gasteiger partial charge in [-0.15, -0.1) is 0 Å². The molecule has 0 spiro atoms. The minimum absolute atomic E-state index is 0.00751. The second-order valence-corrected chi connectivity index (χ2v) is 7.23. The quantitative estimate of drug-likeness (QED) is 0.588. The number of amides is 2. The number of rotatable bonds is 2. The zero-order valence-corrected chi connectivity index (χ0v) is 16.2. The smallest absolute Gasteiger partial charge is 0.318 e. The van der Waals surface area contributed by atoms with Gasteiger partial charge in [0.05, 0.1) is 18.3 Å². The number of anilines is 1. The van der Waals surface area contributed by atoms with Crippen molar-refractivity contribution in [2.24, 2.45) is 0 Å². The number of nitrogens with one attached hydrogen (secondary N) is 1. The van der Waals surface area contributed by atoms with Crippen molar-refractivity contribution in [2.75, 3.05) is 5.32 Å². The van der Waals surface area contributed by atoms with Crippen LogP contribution in [0.15, 0.2) is 60.8 Å². The van der Waals surface area contributed by atoms with Crippen LogP contribution in [0, 0.1) is 6.92 Å². The summed E-state index contributed by atoms with van der Waals surface area (Å²) in [5.41, 5.74) is 5.00. The van der Waals surface area contributed by atoms with Crippen LogP contribution in [-0.4, -0.2) is 15.5 Å².